The summed E-state index contributed by atoms with van der Waals surface area (Å²) < 4.78 is 0. The molecule has 1 aromatic heterocycles. The van der Waals surface area contributed by atoms with Gasteiger partial charge in [-0.3, -0.25) is 4.79 Å². The average Bonchev–Trinajstić information content (AvgIpc) is 3.36. The fraction of sp³-hybridized carbons (Fsp3) is 0.389. The van der Waals surface area contributed by atoms with Crippen LogP contribution in [-0.4, -0.2) is 61.0 Å². The van der Waals surface area contributed by atoms with E-state index in [0.717, 1.165) is 50.0 Å². The first-order chi connectivity index (χ1) is 12.7. The van der Waals surface area contributed by atoms with Gasteiger partial charge in [-0.05, 0) is 18.1 Å². The number of anilines is 2. The molecule has 0 radical (unpaired) electrons. The van der Waals surface area contributed by atoms with E-state index in [9.17, 15) is 4.79 Å². The molecule has 1 aromatic carbocycles. The van der Waals surface area contributed by atoms with E-state index in [1.807, 2.05) is 39.6 Å². The van der Waals surface area contributed by atoms with Gasteiger partial charge in [-0.25, -0.2) is 9.98 Å². The number of rotatable bonds is 3. The quantitative estimate of drug-likeness (QED) is 0.397. The van der Waals surface area contributed by atoms with Crippen molar-refractivity contribution in [3.63, 3.8) is 0 Å². The highest BCUT2D eigenvalue weighted by molar-refractivity contribution is 14.0. The van der Waals surface area contributed by atoms with E-state index in [-0.39, 0.29) is 36.4 Å². The Morgan fingerprint density at radius 3 is 2.70 bits per heavy atom. The van der Waals surface area contributed by atoms with Crippen LogP contribution in [0.1, 0.15) is 5.56 Å². The van der Waals surface area contributed by atoms with E-state index in [1.165, 1.54) is 5.56 Å². The molecular weight excluding hydrogens is 475 g/mol. The molecule has 1 fully saturated rings. The van der Waals surface area contributed by atoms with Crippen LogP contribution in [0.5, 0.6) is 0 Å². The van der Waals surface area contributed by atoms with Gasteiger partial charge < -0.3 is 20.4 Å². The number of nitrogens with two attached hydrogens (primary N) is 1. The topological polar surface area (TPSA) is 78.1 Å². The summed E-state index contributed by atoms with van der Waals surface area (Å²) in [5.41, 5.74) is 8.35. The fourth-order valence-corrected chi connectivity index (χ4v) is 4.13. The molecule has 4 rings (SSSR count). The first-order valence-electron chi connectivity index (χ1n) is 8.80. The molecule has 2 aromatic rings. The number of aromatic nitrogens is 1. The normalized spacial score (nSPS) is 16.9. The van der Waals surface area contributed by atoms with Crippen molar-refractivity contribution in [1.29, 1.82) is 0 Å². The maximum Gasteiger partial charge on any atom is 0.248 e. The zero-order valence-electron chi connectivity index (χ0n) is 15.0. The van der Waals surface area contributed by atoms with Gasteiger partial charge in [-0.2, -0.15) is 0 Å². The first-order valence-corrected chi connectivity index (χ1v) is 9.68. The molecule has 27 heavy (non-hydrogen) atoms. The molecule has 144 valence electrons. The highest BCUT2D eigenvalue weighted by Crippen LogP contribution is 2.27. The van der Waals surface area contributed by atoms with E-state index in [2.05, 4.69) is 20.9 Å². The lowest BCUT2D eigenvalue weighted by atomic mass is 10.2. The van der Waals surface area contributed by atoms with Gasteiger partial charge in [0, 0.05) is 50.0 Å². The summed E-state index contributed by atoms with van der Waals surface area (Å²) >= 11 is 1.65. The molecule has 9 heteroatoms. The van der Waals surface area contributed by atoms with Gasteiger partial charge >= 0.3 is 0 Å². The monoisotopic (exact) mass is 498 g/mol. The minimum Gasteiger partial charge on any atom is -0.370 e. The van der Waals surface area contributed by atoms with Crippen LogP contribution in [0.25, 0.3) is 0 Å². The fourth-order valence-electron chi connectivity index (χ4n) is 3.43. The van der Waals surface area contributed by atoms with Crippen molar-refractivity contribution in [2.75, 3.05) is 49.1 Å². The van der Waals surface area contributed by atoms with Crippen molar-refractivity contribution >= 4 is 58.0 Å². The van der Waals surface area contributed by atoms with Gasteiger partial charge in [0.15, 0.2) is 11.1 Å². The lowest BCUT2D eigenvalue weighted by Crippen LogP contribution is -2.51. The second-order valence-corrected chi connectivity index (χ2v) is 7.26. The lowest BCUT2D eigenvalue weighted by molar-refractivity contribution is -0.117. The summed E-state index contributed by atoms with van der Waals surface area (Å²) in [6.45, 7) is 4.10. The second kappa shape index (κ2) is 8.87. The molecule has 0 spiro atoms. The summed E-state index contributed by atoms with van der Waals surface area (Å²) in [5, 5.41) is 3.03. The molecule has 0 bridgehead atoms. The third-order valence-electron chi connectivity index (χ3n) is 4.86. The van der Waals surface area contributed by atoms with Gasteiger partial charge in [-0.1, -0.05) is 18.2 Å². The number of guanidine groups is 1. The van der Waals surface area contributed by atoms with Gasteiger partial charge in [0.1, 0.15) is 6.54 Å². The molecule has 1 saturated heterocycles. The van der Waals surface area contributed by atoms with E-state index in [0.29, 0.717) is 5.96 Å². The smallest absolute Gasteiger partial charge is 0.248 e. The predicted octanol–water partition coefficient (Wildman–Crippen LogP) is 1.79. The third kappa shape index (κ3) is 4.34. The van der Waals surface area contributed by atoms with Crippen LogP contribution >= 0.6 is 35.3 Å². The first kappa shape index (κ1) is 19.9. The van der Waals surface area contributed by atoms with E-state index < -0.39 is 0 Å². The Morgan fingerprint density at radius 1 is 1.19 bits per heavy atom. The Hall–Kier alpha value is -1.88. The van der Waals surface area contributed by atoms with Crippen molar-refractivity contribution in [2.24, 2.45) is 10.7 Å². The highest BCUT2D eigenvalue weighted by Gasteiger charge is 2.24. The molecule has 0 aliphatic carbocycles. The number of aliphatic imine (C=N–C) groups is 1. The number of thiazole rings is 1. The number of amides is 1. The minimum absolute atomic E-state index is 0. The Kier molecular flexibility index (Phi) is 6.53. The number of carbonyl (C=O) groups is 1. The van der Waals surface area contributed by atoms with Crippen LogP contribution < -0.4 is 15.5 Å². The number of benzene rings is 1. The van der Waals surface area contributed by atoms with Gasteiger partial charge in [0.05, 0.1) is 0 Å². The SMILES string of the molecule is I.NC(=NCC(=O)N1CCc2ccccc21)N1CCN(c2nccs2)CC1. The second-order valence-electron chi connectivity index (χ2n) is 6.39. The van der Waals surface area contributed by atoms with Crippen molar-refractivity contribution in [3.8, 4) is 0 Å². The van der Waals surface area contributed by atoms with E-state index in [1.54, 1.807) is 11.3 Å². The Labute approximate surface area is 179 Å². The molecule has 0 unspecified atom stereocenters. The Bertz CT molecular complexity index is 804. The largest absolute Gasteiger partial charge is 0.370 e. The summed E-state index contributed by atoms with van der Waals surface area (Å²) in [4.78, 5) is 27.3. The minimum atomic E-state index is -0.000628. The predicted molar refractivity (Wildman–Crippen MR) is 120 cm³/mol. The van der Waals surface area contributed by atoms with Crippen LogP contribution in [0.2, 0.25) is 0 Å². The summed E-state index contributed by atoms with van der Waals surface area (Å²) in [6.07, 6.45) is 2.73. The number of para-hydroxylation sites is 1. The average molecular weight is 498 g/mol. The zero-order valence-corrected chi connectivity index (χ0v) is 18.1. The maximum atomic E-state index is 12.5. The maximum absolute atomic E-state index is 12.5. The molecule has 2 aliphatic heterocycles. The molecule has 1 amide bonds. The molecular formula is C18H23IN6OS. The summed E-state index contributed by atoms with van der Waals surface area (Å²) in [7, 11) is 0. The van der Waals surface area contributed by atoms with Crippen molar-refractivity contribution in [1.82, 2.24) is 9.88 Å². The van der Waals surface area contributed by atoms with E-state index >= 15 is 0 Å². The molecule has 2 aliphatic rings. The van der Waals surface area contributed by atoms with Crippen LogP contribution in [-0.2, 0) is 11.2 Å². The van der Waals surface area contributed by atoms with Crippen LogP contribution in [0.3, 0.4) is 0 Å². The van der Waals surface area contributed by atoms with Gasteiger partial charge in [0.25, 0.3) is 0 Å². The lowest BCUT2D eigenvalue weighted by Gasteiger charge is -2.35. The standard InChI is InChI=1S/C18H22N6OS.HI/c19-17(22-8-10-23(11-9-22)18-20-6-12-26-18)21-13-16(25)24-7-5-14-3-1-2-4-15(14)24;/h1-4,6,12H,5,7-11,13H2,(H2,19,21);1H. The summed E-state index contributed by atoms with van der Waals surface area (Å²) in [6, 6.07) is 8.03. The van der Waals surface area contributed by atoms with Gasteiger partial charge in [0.2, 0.25) is 5.91 Å². The number of hydrogen-bond acceptors (Lipinski definition) is 5. The summed E-state index contributed by atoms with van der Waals surface area (Å²) in [5.74, 6) is 0.448. The molecule has 2 N–H and O–H groups in total. The van der Waals surface area contributed by atoms with Crippen molar-refractivity contribution in [3.05, 3.63) is 41.4 Å². The number of halogens is 1. The van der Waals surface area contributed by atoms with Crippen LogP contribution in [0.4, 0.5) is 10.8 Å². The van der Waals surface area contributed by atoms with E-state index in [4.69, 9.17) is 5.73 Å². The number of piperazine rings is 1. The van der Waals surface area contributed by atoms with Crippen LogP contribution in [0.15, 0.2) is 40.8 Å². The Balaban J connectivity index is 0.00000210. The number of carbonyl (C=O) groups excluding carboxylic acids is 1. The number of fused-ring (bicyclic) bond motifs is 1. The molecule has 7 nitrogen and oxygen atoms in total. The van der Waals surface area contributed by atoms with Crippen molar-refractivity contribution < 1.29 is 4.79 Å². The number of hydrogen-bond donors (Lipinski definition) is 1. The highest BCUT2D eigenvalue weighted by atomic mass is 127. The van der Waals surface area contributed by atoms with Crippen molar-refractivity contribution in [2.45, 2.75) is 6.42 Å². The molecule has 3 heterocycles. The third-order valence-corrected chi connectivity index (χ3v) is 5.69. The Morgan fingerprint density at radius 2 is 1.96 bits per heavy atom. The van der Waals surface area contributed by atoms with Gasteiger partial charge in [-0.15, -0.1) is 35.3 Å². The number of nitrogens with zero attached hydrogens (tertiary/aromatic N) is 5. The molecule has 0 atom stereocenters. The van der Waals surface area contributed by atoms with Crippen LogP contribution in [0, 0.1) is 0 Å². The molecule has 0 saturated carbocycles. The zero-order chi connectivity index (χ0) is 17.9.